The third-order valence-electron chi connectivity index (χ3n) is 0.909. The normalized spacial score (nSPS) is 9.92. The fourth-order valence-corrected chi connectivity index (χ4v) is 1.23. The van der Waals surface area contributed by atoms with E-state index in [0.29, 0.717) is 6.42 Å². The molecule has 0 bridgehead atoms. The highest BCUT2D eigenvalue weighted by Gasteiger charge is 2.10. The molecule has 0 saturated carbocycles. The molecule has 0 aromatic carbocycles. The van der Waals surface area contributed by atoms with E-state index in [0.717, 1.165) is 6.08 Å². The monoisotopic (exact) mass is 210 g/mol. The van der Waals surface area contributed by atoms with Crippen LogP contribution in [0.1, 0.15) is 13.3 Å². The number of carbonyl (C=O) groups is 1. The molecule has 0 aliphatic heterocycles. The van der Waals surface area contributed by atoms with Crippen LogP contribution in [0.3, 0.4) is 0 Å². The van der Waals surface area contributed by atoms with Crippen LogP contribution in [0.4, 0.5) is 0 Å². The maximum absolute atomic E-state index is 10.8. The second-order valence-corrected chi connectivity index (χ2v) is 3.71. The van der Waals surface area contributed by atoms with Crippen LogP contribution in [0.5, 0.6) is 0 Å². The Bertz CT molecular complexity index is 260. The second-order valence-electron chi connectivity index (χ2n) is 2.02. The zero-order valence-electron chi connectivity index (χ0n) is 7.45. The molecule has 0 rings (SSSR count). The van der Waals surface area contributed by atoms with Gasteiger partial charge in [0.25, 0.3) is 16.0 Å². The average Bonchev–Trinajstić information content (AvgIpc) is 2.00. The number of carbonyl (C=O) groups excluding carboxylic acids is 1. The number of hydrogen-bond acceptors (Lipinski definition) is 5. The first kappa shape index (κ1) is 14.6. The molecule has 0 aliphatic rings. The second kappa shape index (κ2) is 6.58. The molecule has 0 fully saturated rings. The smallest absolute Gasteiger partial charge is 0.287 e. The van der Waals surface area contributed by atoms with Crippen LogP contribution in [0.25, 0.3) is 0 Å². The van der Waals surface area contributed by atoms with Crippen molar-refractivity contribution in [2.75, 3.05) is 5.75 Å². The zero-order valence-corrected chi connectivity index (χ0v) is 8.26. The van der Waals surface area contributed by atoms with E-state index in [1.54, 1.807) is 12.4 Å². The van der Waals surface area contributed by atoms with E-state index in [4.69, 9.17) is 0 Å². The van der Waals surface area contributed by atoms with E-state index in [1.165, 1.54) is 0 Å². The van der Waals surface area contributed by atoms with Gasteiger partial charge >= 0.3 is 0 Å². The summed E-state index contributed by atoms with van der Waals surface area (Å²) >= 11 is 0. The minimum atomic E-state index is -3.62. The van der Waals surface area contributed by atoms with Crippen molar-refractivity contribution >= 4 is 16.0 Å². The first-order valence-electron chi connectivity index (χ1n) is 3.35. The van der Waals surface area contributed by atoms with Gasteiger partial charge in [0.15, 0.2) is 0 Å². The van der Waals surface area contributed by atoms with Gasteiger partial charge in [0.2, 0.25) is 0 Å². The van der Waals surface area contributed by atoms with Gasteiger partial charge in [-0.1, -0.05) is 13.5 Å². The van der Waals surface area contributed by atoms with Gasteiger partial charge in [-0.05, 0) is 12.5 Å². The molecular weight excluding hydrogens is 196 g/mol. The first-order valence-corrected chi connectivity index (χ1v) is 4.93. The summed E-state index contributed by atoms with van der Waals surface area (Å²) in [6.45, 7) is 4.81. The summed E-state index contributed by atoms with van der Waals surface area (Å²) < 4.78 is 25.7. The molecule has 6 nitrogen and oxygen atoms in total. The van der Waals surface area contributed by atoms with Gasteiger partial charge in [0.1, 0.15) is 0 Å². The van der Waals surface area contributed by atoms with Crippen molar-refractivity contribution in [1.29, 1.82) is 0 Å². The molecule has 7 heteroatoms. The highest BCUT2D eigenvalue weighted by molar-refractivity contribution is 7.86. The molecule has 0 atom stereocenters. The molecule has 0 unspecified atom stereocenters. The summed E-state index contributed by atoms with van der Waals surface area (Å²) in [5.41, 5.74) is 1.71. The van der Waals surface area contributed by atoms with Crippen LogP contribution in [-0.2, 0) is 19.2 Å². The van der Waals surface area contributed by atoms with Crippen molar-refractivity contribution in [3.63, 3.8) is 0 Å². The summed E-state index contributed by atoms with van der Waals surface area (Å²) in [4.78, 5) is 10.4. The molecule has 78 valence electrons. The molecule has 4 N–H and O–H groups in total. The first-order chi connectivity index (χ1) is 5.52. The third kappa shape index (κ3) is 7.44. The summed E-state index contributed by atoms with van der Waals surface area (Å²) in [7, 11) is -3.62. The molecular formula is C6H14N2O4S. The van der Waals surface area contributed by atoms with Crippen molar-refractivity contribution < 1.29 is 17.5 Å². The Kier molecular flexibility index (Phi) is 7.39. The predicted octanol–water partition coefficient (Wildman–Crippen LogP) is 0.122. The van der Waals surface area contributed by atoms with E-state index in [1.807, 2.05) is 0 Å². The van der Waals surface area contributed by atoms with Crippen molar-refractivity contribution in [1.82, 2.24) is 11.6 Å². The van der Waals surface area contributed by atoms with E-state index in [9.17, 15) is 13.2 Å². The number of amides is 1. The van der Waals surface area contributed by atoms with Gasteiger partial charge in [-0.15, -0.1) is 4.28 Å². The number of rotatable bonds is 5. The molecule has 0 saturated heterocycles. The quantitative estimate of drug-likeness (QED) is 0.495. The topological polar surface area (TPSA) is 107 Å². The summed E-state index contributed by atoms with van der Waals surface area (Å²) in [5.74, 6) is -0.806. The Hall–Kier alpha value is -0.920. The molecule has 0 aromatic heterocycles. The molecule has 0 aliphatic carbocycles. The summed E-state index contributed by atoms with van der Waals surface area (Å²) in [6, 6.07) is 0. The van der Waals surface area contributed by atoms with Crippen molar-refractivity contribution in [3.05, 3.63) is 12.7 Å². The minimum absolute atomic E-state index is 0. The van der Waals surface area contributed by atoms with Gasteiger partial charge < -0.3 is 6.15 Å². The standard InChI is InChI=1S/C6H11NO4S.H3N/c1-3-5-12(9,10)11-7-6(8)4-2;/h4H,2-3,5H2,1H3,(H,7,8);1H3. The van der Waals surface area contributed by atoms with E-state index in [-0.39, 0.29) is 11.9 Å². The number of hydrogen-bond donors (Lipinski definition) is 2. The van der Waals surface area contributed by atoms with Gasteiger partial charge in [0.05, 0.1) is 5.75 Å². The highest BCUT2D eigenvalue weighted by atomic mass is 32.2. The van der Waals surface area contributed by atoms with Crippen molar-refractivity contribution in [2.24, 2.45) is 0 Å². The Labute approximate surface area is 77.6 Å². The molecule has 13 heavy (non-hydrogen) atoms. The van der Waals surface area contributed by atoms with Crippen molar-refractivity contribution in [2.45, 2.75) is 13.3 Å². The highest BCUT2D eigenvalue weighted by Crippen LogP contribution is 1.92. The van der Waals surface area contributed by atoms with Crippen LogP contribution in [0, 0.1) is 0 Å². The molecule has 0 radical (unpaired) electrons. The molecule has 0 aromatic rings. The minimum Gasteiger partial charge on any atom is -0.344 e. The summed E-state index contributed by atoms with van der Waals surface area (Å²) in [6.07, 6.45) is 1.35. The Morgan fingerprint density at radius 1 is 1.62 bits per heavy atom. The average molecular weight is 210 g/mol. The Morgan fingerprint density at radius 3 is 2.54 bits per heavy atom. The van der Waals surface area contributed by atoms with Gasteiger partial charge in [-0.3, -0.25) is 4.79 Å². The summed E-state index contributed by atoms with van der Waals surface area (Å²) in [5, 5.41) is 0. The molecule has 0 heterocycles. The SMILES string of the molecule is C=CC(=O)NOS(=O)(=O)CCC.N. The van der Waals surface area contributed by atoms with Crippen LogP contribution < -0.4 is 11.6 Å². The van der Waals surface area contributed by atoms with Gasteiger partial charge in [-0.2, -0.15) is 8.42 Å². The lowest BCUT2D eigenvalue weighted by molar-refractivity contribution is -0.122. The fourth-order valence-electron chi connectivity index (χ4n) is 0.438. The lowest BCUT2D eigenvalue weighted by atomic mass is 10.6. The maximum atomic E-state index is 10.8. The molecule has 1 amide bonds. The number of nitrogens with one attached hydrogen (secondary N) is 1. The largest absolute Gasteiger partial charge is 0.344 e. The van der Waals surface area contributed by atoms with Gasteiger partial charge in [0, 0.05) is 0 Å². The van der Waals surface area contributed by atoms with Crippen LogP contribution in [-0.4, -0.2) is 20.1 Å². The molecule has 0 spiro atoms. The van der Waals surface area contributed by atoms with Crippen LogP contribution in [0.15, 0.2) is 12.7 Å². The third-order valence-corrected chi connectivity index (χ3v) is 2.15. The maximum Gasteiger partial charge on any atom is 0.287 e. The number of hydroxylamine groups is 1. The predicted molar refractivity (Wildman–Crippen MR) is 48.5 cm³/mol. The Balaban J connectivity index is 0. The van der Waals surface area contributed by atoms with Crippen LogP contribution >= 0.6 is 0 Å². The fraction of sp³-hybridized carbons (Fsp3) is 0.500. The lowest BCUT2D eigenvalue weighted by Crippen LogP contribution is -2.26. The Morgan fingerprint density at radius 2 is 2.15 bits per heavy atom. The van der Waals surface area contributed by atoms with E-state index < -0.39 is 16.0 Å². The van der Waals surface area contributed by atoms with Crippen molar-refractivity contribution in [3.8, 4) is 0 Å². The lowest BCUT2D eigenvalue weighted by Gasteiger charge is -2.01. The van der Waals surface area contributed by atoms with E-state index >= 15 is 0 Å². The zero-order chi connectivity index (χ0) is 9.61. The van der Waals surface area contributed by atoms with E-state index in [2.05, 4.69) is 10.9 Å². The van der Waals surface area contributed by atoms with Gasteiger partial charge in [-0.25, -0.2) is 5.48 Å². The van der Waals surface area contributed by atoms with Crippen LogP contribution in [0.2, 0.25) is 0 Å².